The van der Waals surface area contributed by atoms with Crippen molar-refractivity contribution in [2.24, 2.45) is 39.4 Å². The Morgan fingerprint density at radius 1 is 1.04 bits per heavy atom. The Bertz CT molecular complexity index is 1260. The maximum absolute atomic E-state index is 14.7. The van der Waals surface area contributed by atoms with Gasteiger partial charge in [0.05, 0.1) is 37.1 Å². The molecule has 11 heteroatoms. The summed E-state index contributed by atoms with van der Waals surface area (Å²) in [6, 6.07) is 0. The van der Waals surface area contributed by atoms with Gasteiger partial charge in [0.2, 0.25) is 0 Å². The van der Waals surface area contributed by atoms with Crippen LogP contribution >= 0.6 is 0 Å². The third-order valence-corrected chi connectivity index (χ3v) is 13.8. The lowest BCUT2D eigenvalue weighted by atomic mass is 9.38. The zero-order chi connectivity index (χ0) is 35.1. The van der Waals surface area contributed by atoms with E-state index in [1.807, 2.05) is 40.7 Å². The fourth-order valence-electron chi connectivity index (χ4n) is 10.9. The molecule has 0 spiro atoms. The van der Waals surface area contributed by atoms with Crippen LogP contribution in [0.3, 0.4) is 0 Å². The van der Waals surface area contributed by atoms with E-state index >= 15 is 0 Å². The number of fused-ring (bicyclic) bond motifs is 5. The first-order valence-corrected chi connectivity index (χ1v) is 17.3. The summed E-state index contributed by atoms with van der Waals surface area (Å²) < 4.78 is 11.8. The minimum Gasteiger partial charge on any atom is -0.394 e. The number of carbonyl (C=O) groups excluding carboxylic acids is 1. The predicted octanol–water partition coefficient (Wildman–Crippen LogP) is 1.37. The third kappa shape index (κ3) is 5.52. The minimum atomic E-state index is -1.63. The van der Waals surface area contributed by atoms with Gasteiger partial charge in [-0.2, -0.15) is 0 Å². The minimum absolute atomic E-state index is 0.0442. The number of ether oxygens (including phenoxy) is 2. The van der Waals surface area contributed by atoms with Gasteiger partial charge < -0.3 is 50.3 Å². The Morgan fingerprint density at radius 2 is 1.70 bits per heavy atom. The number of allylic oxidation sites excluding steroid dienone is 2. The number of aliphatic hydroxyl groups is 8. The lowest BCUT2D eigenvalue weighted by molar-refractivity contribution is -0.323. The van der Waals surface area contributed by atoms with Crippen LogP contribution in [-0.4, -0.2) is 114 Å². The molecule has 0 aromatic rings. The normalized spacial score (nSPS) is 49.4. The first kappa shape index (κ1) is 37.0. The fourth-order valence-corrected chi connectivity index (χ4v) is 10.9. The van der Waals surface area contributed by atoms with E-state index in [1.165, 1.54) is 0 Å². The number of hydrogen-bond donors (Lipinski definition) is 8. The van der Waals surface area contributed by atoms with Gasteiger partial charge in [-0.25, -0.2) is 0 Å². The quantitative estimate of drug-likeness (QED) is 0.174. The molecule has 15 atom stereocenters. The molecule has 0 unspecified atom stereocenters. The van der Waals surface area contributed by atoms with Gasteiger partial charge in [-0.05, 0) is 68.6 Å². The zero-order valence-corrected chi connectivity index (χ0v) is 29.0. The SMILES string of the molecule is C/C(=C/CC[C@](C)(O)[C@H]1[C@H](O)C[C@@]2(C)[C@@H]3CC=C4[C@@H](C[C@H](O[C@@H]5O[C@H](CO)[C@@H](O)[C@H](O)[C@H]5O)[C@H](O)C4(C)C)[C@]3(C)C(=O)C[C@]12C)CO. The van der Waals surface area contributed by atoms with Crippen molar-refractivity contribution in [1.29, 1.82) is 0 Å². The second-order valence-corrected chi connectivity index (χ2v) is 16.8. The van der Waals surface area contributed by atoms with Gasteiger partial charge in [-0.1, -0.05) is 57.9 Å². The van der Waals surface area contributed by atoms with Gasteiger partial charge in [0.15, 0.2) is 6.29 Å². The molecular formula is C36H58O11. The number of Topliss-reactive ketones (excluding diaryl/α,β-unsaturated/α-hetero) is 1. The maximum atomic E-state index is 14.7. The second kappa shape index (κ2) is 12.5. The highest BCUT2D eigenvalue weighted by molar-refractivity contribution is 5.88. The Balaban J connectivity index is 1.48. The fraction of sp³-hybridized carbons (Fsp3) is 0.861. The van der Waals surface area contributed by atoms with Crippen molar-refractivity contribution in [3.05, 3.63) is 23.3 Å². The summed E-state index contributed by atoms with van der Waals surface area (Å²) in [5.74, 6) is -1.02. The molecule has 0 aromatic heterocycles. The van der Waals surface area contributed by atoms with Crippen LogP contribution < -0.4 is 0 Å². The van der Waals surface area contributed by atoms with Gasteiger partial charge in [-0.15, -0.1) is 0 Å². The molecule has 8 N–H and O–H groups in total. The summed E-state index contributed by atoms with van der Waals surface area (Å²) in [6.45, 7) is 12.9. The number of carbonyl (C=O) groups is 1. The van der Waals surface area contributed by atoms with Crippen LogP contribution in [0, 0.1) is 39.4 Å². The Kier molecular flexibility index (Phi) is 9.85. The van der Waals surface area contributed by atoms with Crippen LogP contribution in [0.5, 0.6) is 0 Å². The molecule has 0 aromatic carbocycles. The van der Waals surface area contributed by atoms with Crippen molar-refractivity contribution in [1.82, 2.24) is 0 Å². The van der Waals surface area contributed by atoms with Crippen LogP contribution in [0.4, 0.5) is 0 Å². The maximum Gasteiger partial charge on any atom is 0.187 e. The van der Waals surface area contributed by atoms with E-state index in [0.29, 0.717) is 25.7 Å². The van der Waals surface area contributed by atoms with Crippen molar-refractivity contribution >= 4 is 5.78 Å². The van der Waals surface area contributed by atoms with Crippen molar-refractivity contribution in [2.45, 2.75) is 142 Å². The van der Waals surface area contributed by atoms with E-state index in [9.17, 15) is 45.6 Å². The second-order valence-electron chi connectivity index (χ2n) is 16.8. The molecule has 0 amide bonds. The van der Waals surface area contributed by atoms with E-state index in [1.54, 1.807) is 6.92 Å². The highest BCUT2D eigenvalue weighted by Gasteiger charge is 2.74. The predicted molar refractivity (Wildman–Crippen MR) is 171 cm³/mol. The average molecular weight is 667 g/mol. The molecule has 47 heavy (non-hydrogen) atoms. The molecule has 4 fully saturated rings. The standard InChI is InChI=1S/C36H58O11/c1-18(16-37)9-8-12-35(6,45)29-21(39)14-33(4)24-11-10-19-20(36(24,7)25(40)15-34(29,33)5)13-22(30(44)32(19,2)3)46-31-28(43)27(42)26(41)23(17-38)47-31/h9-10,20-24,26-31,37-39,41-45H,8,11-17H2,1-7H3/b18-9-/t20-,21-,22+,23-,24+,26-,27+,28-,29+,30+,31-,33+,34-,35+,36+/m1/s1. The first-order chi connectivity index (χ1) is 21.7. The van der Waals surface area contributed by atoms with Crippen LogP contribution in [0.25, 0.3) is 0 Å². The number of rotatable bonds is 8. The van der Waals surface area contributed by atoms with E-state index in [2.05, 4.69) is 13.0 Å². The number of aliphatic hydroxyl groups excluding tert-OH is 7. The van der Waals surface area contributed by atoms with Crippen LogP contribution in [0.1, 0.15) is 87.0 Å². The molecule has 5 aliphatic rings. The lowest BCUT2D eigenvalue weighted by Crippen LogP contribution is -2.66. The van der Waals surface area contributed by atoms with Crippen molar-refractivity contribution in [2.75, 3.05) is 13.2 Å². The first-order valence-electron chi connectivity index (χ1n) is 17.3. The Hall–Kier alpha value is -1.25. The van der Waals surface area contributed by atoms with Gasteiger partial charge >= 0.3 is 0 Å². The van der Waals surface area contributed by atoms with E-state index in [0.717, 1.165) is 11.1 Å². The van der Waals surface area contributed by atoms with E-state index in [-0.39, 0.29) is 37.1 Å². The topological polar surface area (TPSA) is 197 Å². The van der Waals surface area contributed by atoms with Gasteiger partial charge in [0, 0.05) is 23.2 Å². The molecular weight excluding hydrogens is 608 g/mol. The lowest BCUT2D eigenvalue weighted by Gasteiger charge is -2.65. The molecule has 0 bridgehead atoms. The average Bonchev–Trinajstić information content (AvgIpc) is 3.20. The largest absolute Gasteiger partial charge is 0.394 e. The van der Waals surface area contributed by atoms with E-state index in [4.69, 9.17) is 9.47 Å². The molecule has 5 rings (SSSR count). The highest BCUT2D eigenvalue weighted by Crippen LogP contribution is 2.74. The molecule has 268 valence electrons. The van der Waals surface area contributed by atoms with Crippen LogP contribution in [-0.2, 0) is 14.3 Å². The third-order valence-electron chi connectivity index (χ3n) is 13.8. The van der Waals surface area contributed by atoms with Crippen LogP contribution in [0.2, 0.25) is 0 Å². The number of ketones is 1. The molecule has 1 saturated heterocycles. The van der Waals surface area contributed by atoms with Crippen molar-refractivity contribution < 1.29 is 55.1 Å². The van der Waals surface area contributed by atoms with E-state index < -0.39 is 88.8 Å². The summed E-state index contributed by atoms with van der Waals surface area (Å²) in [5, 5.41) is 85.7. The molecule has 0 radical (unpaired) electrons. The molecule has 3 saturated carbocycles. The Labute approximate surface area is 278 Å². The number of hydrogen-bond acceptors (Lipinski definition) is 11. The molecule has 4 aliphatic carbocycles. The Morgan fingerprint density at radius 3 is 2.32 bits per heavy atom. The monoisotopic (exact) mass is 666 g/mol. The van der Waals surface area contributed by atoms with Crippen molar-refractivity contribution in [3.8, 4) is 0 Å². The van der Waals surface area contributed by atoms with Crippen molar-refractivity contribution in [3.63, 3.8) is 0 Å². The summed E-state index contributed by atoms with van der Waals surface area (Å²) in [4.78, 5) is 14.7. The van der Waals surface area contributed by atoms with Gasteiger partial charge in [0.1, 0.15) is 30.2 Å². The molecule has 1 heterocycles. The zero-order valence-electron chi connectivity index (χ0n) is 29.0. The molecule has 1 aliphatic heterocycles. The van der Waals surface area contributed by atoms with Crippen LogP contribution in [0.15, 0.2) is 23.3 Å². The smallest absolute Gasteiger partial charge is 0.187 e. The summed E-state index contributed by atoms with van der Waals surface area (Å²) >= 11 is 0. The highest BCUT2D eigenvalue weighted by atomic mass is 16.7. The van der Waals surface area contributed by atoms with Gasteiger partial charge in [-0.3, -0.25) is 4.79 Å². The summed E-state index contributed by atoms with van der Waals surface area (Å²) in [6.07, 6.45) is -3.79. The summed E-state index contributed by atoms with van der Waals surface area (Å²) in [7, 11) is 0. The van der Waals surface area contributed by atoms with Gasteiger partial charge in [0.25, 0.3) is 0 Å². The summed E-state index contributed by atoms with van der Waals surface area (Å²) in [5.41, 5.74) is -2.40. The molecule has 11 nitrogen and oxygen atoms in total.